The van der Waals surface area contributed by atoms with Crippen LogP contribution >= 0.6 is 0 Å². The van der Waals surface area contributed by atoms with Crippen LogP contribution < -0.4 is 0 Å². The van der Waals surface area contributed by atoms with Crippen LogP contribution in [0.3, 0.4) is 0 Å². The normalized spacial score (nSPS) is 20.8. The first kappa shape index (κ1) is 24.8. The van der Waals surface area contributed by atoms with Crippen LogP contribution in [0.4, 0.5) is 13.2 Å². The number of hydrogen-bond acceptors (Lipinski definition) is 4. The van der Waals surface area contributed by atoms with Gasteiger partial charge in [-0.2, -0.15) is 13.2 Å². The molecule has 10 heteroatoms. The monoisotopic (exact) mass is 466 g/mol. The highest BCUT2D eigenvalue weighted by Crippen LogP contribution is 2.36. The van der Waals surface area contributed by atoms with Gasteiger partial charge in [0.25, 0.3) is 0 Å². The molecular weight excluding hydrogens is 437 g/mol. The molecule has 1 amide bonds. The van der Waals surface area contributed by atoms with Crippen molar-refractivity contribution in [2.45, 2.75) is 57.4 Å². The summed E-state index contributed by atoms with van der Waals surface area (Å²) in [5, 5.41) is 7.12. The molecule has 33 heavy (non-hydrogen) atoms. The van der Waals surface area contributed by atoms with E-state index in [2.05, 4.69) is 33.2 Å². The van der Waals surface area contributed by atoms with E-state index in [1.54, 1.807) is 0 Å². The van der Waals surface area contributed by atoms with Gasteiger partial charge in [0.05, 0.1) is 24.0 Å². The molecule has 0 aliphatic carbocycles. The zero-order chi connectivity index (χ0) is 24.2. The number of fused-ring (bicyclic) bond motifs is 2. The number of nitrogens with zero attached hydrogens (tertiary/aromatic N) is 4. The number of rotatable bonds is 3. The van der Waals surface area contributed by atoms with Crippen LogP contribution in [-0.4, -0.2) is 68.2 Å². The fourth-order valence-electron chi connectivity index (χ4n) is 4.48. The Balaban J connectivity index is 0.000000383. The molecule has 2 aliphatic rings. The number of hydrogen-bond donors (Lipinski definition) is 1. The minimum atomic E-state index is -5.08. The third kappa shape index (κ3) is 5.93. The Morgan fingerprint density at radius 3 is 2.45 bits per heavy atom. The molecule has 1 unspecified atom stereocenters. The van der Waals surface area contributed by atoms with Gasteiger partial charge >= 0.3 is 12.1 Å². The van der Waals surface area contributed by atoms with Crippen molar-refractivity contribution < 1.29 is 27.9 Å². The van der Waals surface area contributed by atoms with Crippen molar-refractivity contribution in [2.24, 2.45) is 0 Å². The van der Waals surface area contributed by atoms with Crippen LogP contribution in [0, 0.1) is 0 Å². The molecule has 3 heterocycles. The topological polar surface area (TPSA) is 78.7 Å². The molecule has 1 N–H and O–H groups in total. The summed E-state index contributed by atoms with van der Waals surface area (Å²) >= 11 is 0. The highest BCUT2D eigenvalue weighted by molar-refractivity contribution is 5.79. The summed E-state index contributed by atoms with van der Waals surface area (Å²) in [4.78, 5) is 30.8. The van der Waals surface area contributed by atoms with E-state index in [0.717, 1.165) is 44.6 Å². The van der Waals surface area contributed by atoms with Gasteiger partial charge < -0.3 is 14.6 Å². The molecule has 4 rings (SSSR count). The fourth-order valence-corrected chi connectivity index (χ4v) is 4.48. The zero-order valence-electron chi connectivity index (χ0n) is 18.8. The second-order valence-electron chi connectivity index (χ2n) is 8.86. The van der Waals surface area contributed by atoms with Gasteiger partial charge in [-0.1, -0.05) is 30.3 Å². The smallest absolute Gasteiger partial charge is 0.475 e. The minimum Gasteiger partial charge on any atom is -0.475 e. The lowest BCUT2D eigenvalue weighted by atomic mass is 9.85. The largest absolute Gasteiger partial charge is 0.490 e. The number of imidazole rings is 1. The number of amides is 1. The van der Waals surface area contributed by atoms with E-state index < -0.39 is 12.1 Å². The van der Waals surface area contributed by atoms with Gasteiger partial charge in [-0.25, -0.2) is 9.78 Å². The van der Waals surface area contributed by atoms with Crippen LogP contribution in [0.15, 0.2) is 42.9 Å². The predicted molar refractivity (Wildman–Crippen MR) is 115 cm³/mol. The number of likely N-dealkylation sites (tertiary alicyclic amines) is 1. The van der Waals surface area contributed by atoms with E-state index in [1.165, 1.54) is 5.69 Å². The van der Waals surface area contributed by atoms with Crippen LogP contribution in [0.1, 0.15) is 37.9 Å². The van der Waals surface area contributed by atoms with Crippen LogP contribution in [0.2, 0.25) is 0 Å². The summed E-state index contributed by atoms with van der Waals surface area (Å²) in [5.74, 6) is -2.52. The number of carbonyl (C=O) groups is 2. The molecule has 1 aromatic carbocycles. The van der Waals surface area contributed by atoms with E-state index in [4.69, 9.17) is 9.90 Å². The maximum absolute atomic E-state index is 12.9. The van der Waals surface area contributed by atoms with Crippen molar-refractivity contribution in [1.29, 1.82) is 0 Å². The van der Waals surface area contributed by atoms with Crippen molar-refractivity contribution in [3.05, 3.63) is 54.1 Å². The summed E-state index contributed by atoms with van der Waals surface area (Å²) in [6.45, 7) is 8.08. The van der Waals surface area contributed by atoms with Gasteiger partial charge in [-0.15, -0.1) is 0 Å². The average molecular weight is 467 g/mol. The molecule has 1 spiro atoms. The van der Waals surface area contributed by atoms with Crippen molar-refractivity contribution in [3.8, 4) is 0 Å². The standard InChI is InChI=1S/C21H28N4O.C2HF3O2/c1-17(2)24-13-19-12-22-16-25(19)21(15-24)9-6-10-23(14-21)20(26)11-18-7-4-3-5-8-18;3-2(4,5)1(6)7/h3-5,7-8,12,16-17H,6,9-11,13-15H2,1-2H3;(H,6,7). The number of carboxylic acids is 1. The first-order chi connectivity index (χ1) is 15.5. The molecule has 7 nitrogen and oxygen atoms in total. The Labute approximate surface area is 190 Å². The summed E-state index contributed by atoms with van der Waals surface area (Å²) in [7, 11) is 0. The SMILES string of the molecule is CC(C)N1Cc2cncn2C2(CCCN(C(=O)Cc3ccccc3)C2)C1.O=C(O)C(F)(F)F. The predicted octanol–water partition coefficient (Wildman–Crippen LogP) is 3.30. The Kier molecular flexibility index (Phi) is 7.46. The van der Waals surface area contributed by atoms with E-state index >= 15 is 0 Å². The molecule has 2 aromatic rings. The van der Waals surface area contributed by atoms with Gasteiger partial charge in [0.2, 0.25) is 5.91 Å². The highest BCUT2D eigenvalue weighted by Gasteiger charge is 2.44. The second-order valence-corrected chi connectivity index (χ2v) is 8.86. The quantitative estimate of drug-likeness (QED) is 0.751. The Morgan fingerprint density at radius 1 is 1.18 bits per heavy atom. The molecule has 180 valence electrons. The molecule has 2 aliphatic heterocycles. The lowest BCUT2D eigenvalue weighted by Crippen LogP contribution is -2.60. The van der Waals surface area contributed by atoms with Gasteiger partial charge in [0.15, 0.2) is 0 Å². The molecule has 0 radical (unpaired) electrons. The van der Waals surface area contributed by atoms with Crippen LogP contribution in [-0.2, 0) is 28.1 Å². The Hall–Kier alpha value is -2.88. The highest BCUT2D eigenvalue weighted by atomic mass is 19.4. The molecule has 0 bridgehead atoms. The fraction of sp³-hybridized carbons (Fsp3) is 0.522. The third-order valence-corrected chi connectivity index (χ3v) is 6.17. The Morgan fingerprint density at radius 2 is 1.85 bits per heavy atom. The minimum absolute atomic E-state index is 0.0427. The van der Waals surface area contributed by atoms with Crippen LogP contribution in [0.25, 0.3) is 0 Å². The maximum atomic E-state index is 12.9. The van der Waals surface area contributed by atoms with E-state index in [0.29, 0.717) is 12.5 Å². The summed E-state index contributed by atoms with van der Waals surface area (Å²) in [5.41, 5.74) is 2.31. The van der Waals surface area contributed by atoms with Gasteiger partial charge in [0, 0.05) is 38.4 Å². The maximum Gasteiger partial charge on any atom is 0.490 e. The summed E-state index contributed by atoms with van der Waals surface area (Å²) in [6, 6.07) is 10.6. The number of alkyl halides is 3. The lowest BCUT2D eigenvalue weighted by molar-refractivity contribution is -0.192. The molecule has 0 saturated carbocycles. The lowest BCUT2D eigenvalue weighted by Gasteiger charge is -2.50. The zero-order valence-corrected chi connectivity index (χ0v) is 18.8. The molecule has 1 aromatic heterocycles. The number of carboxylic acid groups (broad SMARTS) is 1. The van der Waals surface area contributed by atoms with Crippen molar-refractivity contribution >= 4 is 11.9 Å². The van der Waals surface area contributed by atoms with E-state index in [9.17, 15) is 18.0 Å². The third-order valence-electron chi connectivity index (χ3n) is 6.17. The second kappa shape index (κ2) is 9.94. The van der Waals surface area contributed by atoms with Crippen molar-refractivity contribution in [3.63, 3.8) is 0 Å². The van der Waals surface area contributed by atoms with Gasteiger partial charge in [-0.05, 0) is 32.3 Å². The first-order valence-electron chi connectivity index (χ1n) is 10.9. The number of aromatic nitrogens is 2. The average Bonchev–Trinajstić information content (AvgIpc) is 3.24. The number of aliphatic carboxylic acids is 1. The summed E-state index contributed by atoms with van der Waals surface area (Å²) in [6.07, 6.45) is 1.51. The molecule has 1 atom stereocenters. The van der Waals surface area contributed by atoms with Crippen molar-refractivity contribution in [2.75, 3.05) is 19.6 Å². The van der Waals surface area contributed by atoms with Gasteiger partial charge in [-0.3, -0.25) is 9.69 Å². The number of benzene rings is 1. The number of piperidine rings is 1. The number of halogens is 3. The molecule has 1 saturated heterocycles. The molecular formula is C23H29F3N4O3. The number of carbonyl (C=O) groups excluding carboxylic acids is 1. The first-order valence-corrected chi connectivity index (χ1v) is 10.9. The van der Waals surface area contributed by atoms with E-state index in [1.807, 2.05) is 42.9 Å². The summed E-state index contributed by atoms with van der Waals surface area (Å²) < 4.78 is 34.1. The van der Waals surface area contributed by atoms with Gasteiger partial charge in [0.1, 0.15) is 0 Å². The van der Waals surface area contributed by atoms with Crippen LogP contribution in [0.5, 0.6) is 0 Å². The van der Waals surface area contributed by atoms with E-state index in [-0.39, 0.29) is 11.4 Å². The Bertz CT molecular complexity index is 961. The molecule has 1 fully saturated rings. The van der Waals surface area contributed by atoms with Crippen molar-refractivity contribution in [1.82, 2.24) is 19.4 Å².